The summed E-state index contributed by atoms with van der Waals surface area (Å²) in [4.78, 5) is 19.7. The molecule has 33 heavy (non-hydrogen) atoms. The molecule has 0 saturated carbocycles. The fourth-order valence-corrected chi connectivity index (χ4v) is 6.54. The molecule has 0 aliphatic carbocycles. The SMILES string of the molecule is Cc1cc2nc(N(CC3CCCO3)C(=O)CCCS(=O)(=O)Cc3ccccc3)sc2cc1C. The maximum Gasteiger partial charge on any atom is 0.228 e. The normalized spacial score (nSPS) is 16.4. The van der Waals surface area contributed by atoms with Crippen LogP contribution in [0.1, 0.15) is 42.4 Å². The predicted molar refractivity (Wildman–Crippen MR) is 134 cm³/mol. The Morgan fingerprint density at radius 1 is 1.18 bits per heavy atom. The number of anilines is 1. The third-order valence-corrected chi connectivity index (χ3v) is 8.74. The van der Waals surface area contributed by atoms with E-state index < -0.39 is 9.84 Å². The van der Waals surface area contributed by atoms with E-state index in [2.05, 4.69) is 26.0 Å². The lowest BCUT2D eigenvalue weighted by atomic mass is 10.1. The van der Waals surface area contributed by atoms with Crippen LogP contribution < -0.4 is 4.90 Å². The largest absolute Gasteiger partial charge is 0.376 e. The van der Waals surface area contributed by atoms with Crippen LogP contribution in [0.2, 0.25) is 0 Å². The second kappa shape index (κ2) is 10.3. The number of fused-ring (bicyclic) bond motifs is 1. The molecule has 1 aliphatic heterocycles. The Bertz CT molecular complexity index is 1180. The van der Waals surface area contributed by atoms with Crippen LogP contribution in [0, 0.1) is 13.8 Å². The fourth-order valence-electron chi connectivity index (χ4n) is 4.04. The summed E-state index contributed by atoms with van der Waals surface area (Å²) >= 11 is 1.50. The Balaban J connectivity index is 1.46. The van der Waals surface area contributed by atoms with Crippen LogP contribution >= 0.6 is 11.3 Å². The second-order valence-corrected chi connectivity index (χ2v) is 11.9. The summed E-state index contributed by atoms with van der Waals surface area (Å²) in [6.07, 6.45) is 2.35. The van der Waals surface area contributed by atoms with E-state index in [1.807, 2.05) is 30.3 Å². The molecule has 176 valence electrons. The van der Waals surface area contributed by atoms with Gasteiger partial charge in [0.1, 0.15) is 0 Å². The molecular formula is C25H30N2O4S2. The standard InChI is InChI=1S/C25H30N2O4S2/c1-18-14-22-23(15-19(18)2)32-25(26-22)27(16-21-10-6-12-31-21)24(28)11-7-13-33(29,30)17-20-8-4-3-5-9-20/h3-5,8-9,14-15,21H,6-7,10-13,16-17H2,1-2H3. The van der Waals surface area contributed by atoms with Crippen LogP contribution in [-0.4, -0.2) is 44.3 Å². The zero-order chi connectivity index (χ0) is 23.4. The van der Waals surface area contributed by atoms with Crippen molar-refractivity contribution in [1.29, 1.82) is 0 Å². The molecule has 0 bridgehead atoms. The van der Waals surface area contributed by atoms with Crippen molar-refractivity contribution in [2.45, 2.75) is 51.4 Å². The Kier molecular flexibility index (Phi) is 7.46. The lowest BCUT2D eigenvalue weighted by molar-refractivity contribution is -0.119. The molecular weight excluding hydrogens is 456 g/mol. The Morgan fingerprint density at radius 2 is 1.94 bits per heavy atom. The summed E-state index contributed by atoms with van der Waals surface area (Å²) in [5.74, 6) is -0.120. The lowest BCUT2D eigenvalue weighted by Gasteiger charge is -2.23. The maximum atomic E-state index is 13.2. The summed E-state index contributed by atoms with van der Waals surface area (Å²) in [5, 5.41) is 0.655. The molecule has 1 aliphatic rings. The van der Waals surface area contributed by atoms with Gasteiger partial charge in [-0.05, 0) is 61.9 Å². The van der Waals surface area contributed by atoms with Gasteiger partial charge in [-0.3, -0.25) is 9.69 Å². The number of hydrogen-bond donors (Lipinski definition) is 0. The van der Waals surface area contributed by atoms with E-state index in [0.29, 0.717) is 24.7 Å². The molecule has 2 heterocycles. The van der Waals surface area contributed by atoms with Crippen LogP contribution in [0.4, 0.5) is 5.13 Å². The molecule has 0 radical (unpaired) electrons. The molecule has 6 nitrogen and oxygen atoms in total. The van der Waals surface area contributed by atoms with Gasteiger partial charge in [0.05, 0.1) is 34.4 Å². The van der Waals surface area contributed by atoms with Gasteiger partial charge in [0.2, 0.25) is 5.91 Å². The highest BCUT2D eigenvalue weighted by molar-refractivity contribution is 7.90. The number of carbonyl (C=O) groups is 1. The minimum Gasteiger partial charge on any atom is -0.376 e. The zero-order valence-corrected chi connectivity index (χ0v) is 20.8. The maximum absolute atomic E-state index is 13.2. The Labute approximate surface area is 199 Å². The van der Waals surface area contributed by atoms with E-state index in [0.717, 1.165) is 28.6 Å². The molecule has 1 amide bonds. The molecule has 1 unspecified atom stereocenters. The first-order valence-electron chi connectivity index (χ1n) is 11.3. The number of hydrogen-bond acceptors (Lipinski definition) is 6. The van der Waals surface area contributed by atoms with Crippen molar-refractivity contribution in [1.82, 2.24) is 4.98 Å². The lowest BCUT2D eigenvalue weighted by Crippen LogP contribution is -2.37. The highest BCUT2D eigenvalue weighted by atomic mass is 32.2. The Morgan fingerprint density at radius 3 is 2.67 bits per heavy atom. The van der Waals surface area contributed by atoms with Crippen LogP contribution in [0.25, 0.3) is 10.2 Å². The van der Waals surface area contributed by atoms with Crippen LogP contribution in [0.15, 0.2) is 42.5 Å². The summed E-state index contributed by atoms with van der Waals surface area (Å²) < 4.78 is 31.9. The number of aryl methyl sites for hydroxylation is 2. The average molecular weight is 487 g/mol. The Hall–Kier alpha value is -2.29. The highest BCUT2D eigenvalue weighted by Gasteiger charge is 2.26. The molecule has 8 heteroatoms. The molecule has 3 aromatic rings. The number of ether oxygens (including phenoxy) is 1. The van der Waals surface area contributed by atoms with Gasteiger partial charge in [0.15, 0.2) is 15.0 Å². The van der Waals surface area contributed by atoms with Crippen molar-refractivity contribution < 1.29 is 17.9 Å². The van der Waals surface area contributed by atoms with Crippen LogP contribution in [0.5, 0.6) is 0 Å². The first-order chi connectivity index (χ1) is 15.8. The predicted octanol–water partition coefficient (Wildman–Crippen LogP) is 4.82. The molecule has 1 aromatic heterocycles. The minimum absolute atomic E-state index is 0.00176. The van der Waals surface area contributed by atoms with Crippen molar-refractivity contribution in [3.63, 3.8) is 0 Å². The van der Waals surface area contributed by atoms with Crippen LogP contribution in [-0.2, 0) is 25.1 Å². The number of sulfone groups is 1. The van der Waals surface area contributed by atoms with E-state index in [1.54, 1.807) is 4.90 Å². The number of aromatic nitrogens is 1. The zero-order valence-electron chi connectivity index (χ0n) is 19.1. The number of nitrogens with zero attached hydrogens (tertiary/aromatic N) is 2. The van der Waals surface area contributed by atoms with Gasteiger partial charge in [-0.15, -0.1) is 0 Å². The third kappa shape index (κ3) is 6.19. The summed E-state index contributed by atoms with van der Waals surface area (Å²) in [6.45, 7) is 5.29. The minimum atomic E-state index is -3.28. The number of rotatable bonds is 9. The second-order valence-electron chi connectivity index (χ2n) is 8.72. The summed E-state index contributed by atoms with van der Waals surface area (Å²) in [6, 6.07) is 13.3. The van der Waals surface area contributed by atoms with Crippen molar-refractivity contribution in [3.05, 3.63) is 59.2 Å². The van der Waals surface area contributed by atoms with E-state index >= 15 is 0 Å². The fraction of sp³-hybridized carbons (Fsp3) is 0.440. The van der Waals surface area contributed by atoms with Gasteiger partial charge in [-0.2, -0.15) is 0 Å². The van der Waals surface area contributed by atoms with Crippen molar-refractivity contribution in [3.8, 4) is 0 Å². The van der Waals surface area contributed by atoms with E-state index in [1.165, 1.54) is 22.5 Å². The molecule has 0 spiro atoms. The third-order valence-electron chi connectivity index (χ3n) is 6.01. The number of carbonyl (C=O) groups excluding carboxylic acids is 1. The number of amides is 1. The van der Waals surface area contributed by atoms with Gasteiger partial charge in [0.25, 0.3) is 0 Å². The van der Waals surface area contributed by atoms with Crippen molar-refractivity contribution >= 4 is 42.4 Å². The quantitative estimate of drug-likeness (QED) is 0.433. The van der Waals surface area contributed by atoms with Crippen molar-refractivity contribution in [2.24, 2.45) is 0 Å². The summed E-state index contributed by atoms with van der Waals surface area (Å²) in [7, 11) is -3.28. The monoisotopic (exact) mass is 486 g/mol. The van der Waals surface area contributed by atoms with Crippen LogP contribution in [0.3, 0.4) is 0 Å². The van der Waals surface area contributed by atoms with E-state index in [-0.39, 0.29) is 29.9 Å². The highest BCUT2D eigenvalue weighted by Crippen LogP contribution is 2.32. The first-order valence-corrected chi connectivity index (χ1v) is 14.0. The van der Waals surface area contributed by atoms with E-state index in [4.69, 9.17) is 9.72 Å². The molecule has 1 fully saturated rings. The van der Waals surface area contributed by atoms with E-state index in [9.17, 15) is 13.2 Å². The molecule has 1 saturated heterocycles. The first kappa shape index (κ1) is 23.9. The van der Waals surface area contributed by atoms with Crippen molar-refractivity contribution in [2.75, 3.05) is 23.8 Å². The van der Waals surface area contributed by atoms with Gasteiger partial charge >= 0.3 is 0 Å². The molecule has 2 aromatic carbocycles. The summed E-state index contributed by atoms with van der Waals surface area (Å²) in [5.41, 5.74) is 4.01. The smallest absolute Gasteiger partial charge is 0.228 e. The molecule has 1 atom stereocenters. The number of thiazole rings is 1. The molecule has 0 N–H and O–H groups in total. The van der Waals surface area contributed by atoms with Gasteiger partial charge in [-0.25, -0.2) is 13.4 Å². The topological polar surface area (TPSA) is 76.6 Å². The number of benzene rings is 2. The average Bonchev–Trinajstić information content (AvgIpc) is 3.42. The van der Waals surface area contributed by atoms with Gasteiger partial charge in [0, 0.05) is 13.0 Å². The van der Waals surface area contributed by atoms with Gasteiger partial charge < -0.3 is 4.74 Å². The molecule has 4 rings (SSSR count). The van der Waals surface area contributed by atoms with Gasteiger partial charge in [-0.1, -0.05) is 41.7 Å².